The summed E-state index contributed by atoms with van der Waals surface area (Å²) in [5.41, 5.74) is 2.10. The molecule has 0 amide bonds. The van der Waals surface area contributed by atoms with Gasteiger partial charge in [0.1, 0.15) is 5.52 Å². The number of anilines is 1. The molecule has 0 aliphatic carbocycles. The van der Waals surface area contributed by atoms with Gasteiger partial charge in [0.25, 0.3) is 0 Å². The molecular weight excluding hydrogens is 266 g/mol. The number of nitrogens with zero attached hydrogens (tertiary/aromatic N) is 3. The Bertz CT molecular complexity index is 610. The Labute approximate surface area is 124 Å². The van der Waals surface area contributed by atoms with Gasteiger partial charge in [0.05, 0.1) is 18.4 Å². The van der Waals surface area contributed by atoms with E-state index in [4.69, 9.17) is 4.74 Å². The normalized spacial score (nSPS) is 19.9. The van der Waals surface area contributed by atoms with Gasteiger partial charge in [-0.3, -0.25) is 0 Å². The van der Waals surface area contributed by atoms with Crippen molar-refractivity contribution in [3.05, 3.63) is 24.2 Å². The van der Waals surface area contributed by atoms with E-state index in [2.05, 4.69) is 47.6 Å². The molecule has 3 rings (SSSR count). The maximum Gasteiger partial charge on any atom is 0.152 e. The molecule has 0 bridgehead atoms. The lowest BCUT2D eigenvalue weighted by atomic mass is 9.92. The van der Waals surface area contributed by atoms with E-state index in [1.54, 1.807) is 6.20 Å². The van der Waals surface area contributed by atoms with Crippen molar-refractivity contribution in [2.45, 2.75) is 32.3 Å². The van der Waals surface area contributed by atoms with Crippen LogP contribution in [0, 0.1) is 0 Å². The van der Waals surface area contributed by atoms with E-state index in [0.29, 0.717) is 0 Å². The largest absolute Gasteiger partial charge is 0.374 e. The molecule has 2 aromatic heterocycles. The fraction of sp³-hybridized carbons (Fsp3) is 0.600. The molecule has 3 heterocycles. The minimum atomic E-state index is 0.0275. The fourth-order valence-corrected chi connectivity index (χ4v) is 2.39. The first-order chi connectivity index (χ1) is 10.0. The third-order valence-corrected chi connectivity index (χ3v) is 3.66. The molecule has 0 aromatic carbocycles. The van der Waals surface area contributed by atoms with Crippen molar-refractivity contribution >= 4 is 11.3 Å². The van der Waals surface area contributed by atoms with E-state index in [1.165, 1.54) is 0 Å². The quantitative estimate of drug-likeness (QED) is 0.895. The Hall–Kier alpha value is -1.66. The van der Waals surface area contributed by atoms with Gasteiger partial charge in [-0.25, -0.2) is 9.50 Å². The highest BCUT2D eigenvalue weighted by Crippen LogP contribution is 2.24. The number of hydrogen-bond acceptors (Lipinski definition) is 5. The van der Waals surface area contributed by atoms with E-state index in [-0.39, 0.29) is 11.5 Å². The summed E-state index contributed by atoms with van der Waals surface area (Å²) in [6.45, 7) is 9.82. The molecule has 6 nitrogen and oxygen atoms in total. The predicted octanol–water partition coefficient (Wildman–Crippen LogP) is 1.43. The van der Waals surface area contributed by atoms with Crippen molar-refractivity contribution in [3.8, 4) is 0 Å². The highest BCUT2D eigenvalue weighted by atomic mass is 16.5. The smallest absolute Gasteiger partial charge is 0.152 e. The number of nitrogens with one attached hydrogen (secondary N) is 2. The lowest BCUT2D eigenvalue weighted by Gasteiger charge is -2.24. The number of fused-ring (bicyclic) bond motifs is 1. The van der Waals surface area contributed by atoms with Gasteiger partial charge in [0.15, 0.2) is 5.82 Å². The van der Waals surface area contributed by atoms with Crippen LogP contribution in [0.5, 0.6) is 0 Å². The SMILES string of the molecule is CC(C)(C)c1cc2c(NCC3CNCCO3)nccn2n1. The van der Waals surface area contributed by atoms with Crippen LogP contribution in [0.1, 0.15) is 26.5 Å². The molecule has 114 valence electrons. The molecule has 2 aromatic rings. The van der Waals surface area contributed by atoms with Crippen LogP contribution < -0.4 is 10.6 Å². The maximum absolute atomic E-state index is 5.70. The number of morpholine rings is 1. The molecule has 6 heteroatoms. The van der Waals surface area contributed by atoms with Gasteiger partial charge < -0.3 is 15.4 Å². The molecule has 0 saturated carbocycles. The zero-order valence-corrected chi connectivity index (χ0v) is 12.9. The molecule has 0 radical (unpaired) electrons. The zero-order chi connectivity index (χ0) is 14.9. The van der Waals surface area contributed by atoms with Crippen LogP contribution in [0.25, 0.3) is 5.52 Å². The third-order valence-electron chi connectivity index (χ3n) is 3.66. The minimum absolute atomic E-state index is 0.0275. The van der Waals surface area contributed by atoms with E-state index in [1.807, 2.05) is 10.7 Å². The van der Waals surface area contributed by atoms with Crippen LogP contribution in [-0.4, -0.2) is 46.9 Å². The van der Waals surface area contributed by atoms with Crippen LogP contribution in [0.2, 0.25) is 0 Å². The Morgan fingerprint density at radius 3 is 3.05 bits per heavy atom. The predicted molar refractivity (Wildman–Crippen MR) is 82.8 cm³/mol. The lowest BCUT2D eigenvalue weighted by Crippen LogP contribution is -2.42. The monoisotopic (exact) mass is 289 g/mol. The van der Waals surface area contributed by atoms with E-state index < -0.39 is 0 Å². The Morgan fingerprint density at radius 2 is 2.33 bits per heavy atom. The standard InChI is InChI=1S/C15H23N5O/c1-15(2,3)13-8-12-14(17-4-6-20(12)19-13)18-10-11-9-16-5-7-21-11/h4,6,8,11,16H,5,7,9-10H2,1-3H3,(H,17,18). The van der Waals surface area contributed by atoms with Crippen LogP contribution in [-0.2, 0) is 10.2 Å². The van der Waals surface area contributed by atoms with Gasteiger partial charge in [-0.1, -0.05) is 20.8 Å². The zero-order valence-electron chi connectivity index (χ0n) is 12.9. The second-order valence-corrected chi connectivity index (χ2v) is 6.46. The van der Waals surface area contributed by atoms with Crippen LogP contribution in [0.4, 0.5) is 5.82 Å². The second-order valence-electron chi connectivity index (χ2n) is 6.46. The van der Waals surface area contributed by atoms with Crippen LogP contribution >= 0.6 is 0 Å². The highest BCUT2D eigenvalue weighted by molar-refractivity contribution is 5.68. The average Bonchev–Trinajstić information content (AvgIpc) is 2.91. The van der Waals surface area contributed by atoms with Gasteiger partial charge in [0.2, 0.25) is 0 Å². The van der Waals surface area contributed by atoms with Crippen molar-refractivity contribution in [2.75, 3.05) is 31.6 Å². The van der Waals surface area contributed by atoms with Gasteiger partial charge >= 0.3 is 0 Å². The number of rotatable bonds is 3. The van der Waals surface area contributed by atoms with E-state index >= 15 is 0 Å². The molecule has 1 aliphatic heterocycles. The summed E-state index contributed by atoms with van der Waals surface area (Å²) in [6.07, 6.45) is 3.84. The first-order valence-corrected chi connectivity index (χ1v) is 7.45. The summed E-state index contributed by atoms with van der Waals surface area (Å²) < 4.78 is 7.58. The van der Waals surface area contributed by atoms with Crippen molar-refractivity contribution in [1.29, 1.82) is 0 Å². The van der Waals surface area contributed by atoms with Gasteiger partial charge in [-0.2, -0.15) is 5.10 Å². The molecule has 1 aliphatic rings. The van der Waals surface area contributed by atoms with Crippen molar-refractivity contribution in [2.24, 2.45) is 0 Å². The maximum atomic E-state index is 5.70. The number of ether oxygens (including phenoxy) is 1. The molecule has 21 heavy (non-hydrogen) atoms. The Morgan fingerprint density at radius 1 is 1.48 bits per heavy atom. The lowest BCUT2D eigenvalue weighted by molar-refractivity contribution is 0.0372. The van der Waals surface area contributed by atoms with Gasteiger partial charge in [-0.05, 0) is 6.07 Å². The van der Waals surface area contributed by atoms with Crippen LogP contribution in [0.3, 0.4) is 0 Å². The molecule has 1 saturated heterocycles. The van der Waals surface area contributed by atoms with Crippen LogP contribution in [0.15, 0.2) is 18.5 Å². The van der Waals surface area contributed by atoms with Crippen molar-refractivity contribution in [1.82, 2.24) is 19.9 Å². The molecule has 1 atom stereocenters. The summed E-state index contributed by atoms with van der Waals surface area (Å²) in [5, 5.41) is 11.3. The minimum Gasteiger partial charge on any atom is -0.374 e. The average molecular weight is 289 g/mol. The second kappa shape index (κ2) is 5.61. The summed E-state index contributed by atoms with van der Waals surface area (Å²) in [5.74, 6) is 0.856. The summed E-state index contributed by atoms with van der Waals surface area (Å²) in [6, 6.07) is 2.11. The molecule has 0 spiro atoms. The first-order valence-electron chi connectivity index (χ1n) is 7.45. The molecule has 1 unspecified atom stereocenters. The summed E-state index contributed by atoms with van der Waals surface area (Å²) in [4.78, 5) is 4.44. The summed E-state index contributed by atoms with van der Waals surface area (Å²) >= 11 is 0. The van der Waals surface area contributed by atoms with E-state index in [9.17, 15) is 0 Å². The van der Waals surface area contributed by atoms with Crippen molar-refractivity contribution < 1.29 is 4.74 Å². The first kappa shape index (κ1) is 14.3. The third kappa shape index (κ3) is 3.16. The molecule has 2 N–H and O–H groups in total. The molecular formula is C15H23N5O. The van der Waals surface area contributed by atoms with Crippen molar-refractivity contribution in [3.63, 3.8) is 0 Å². The summed E-state index contributed by atoms with van der Waals surface area (Å²) in [7, 11) is 0. The number of hydrogen-bond donors (Lipinski definition) is 2. The van der Waals surface area contributed by atoms with Gasteiger partial charge in [0, 0.05) is 37.4 Å². The van der Waals surface area contributed by atoms with Gasteiger partial charge in [-0.15, -0.1) is 0 Å². The Kier molecular flexibility index (Phi) is 3.82. The number of aromatic nitrogens is 3. The fourth-order valence-electron chi connectivity index (χ4n) is 2.39. The molecule has 1 fully saturated rings. The van der Waals surface area contributed by atoms with E-state index in [0.717, 1.165) is 43.3 Å². The highest BCUT2D eigenvalue weighted by Gasteiger charge is 2.19. The Balaban J connectivity index is 1.79. The topological polar surface area (TPSA) is 63.5 Å².